The molecule has 0 radical (unpaired) electrons. The van der Waals surface area contributed by atoms with E-state index in [1.54, 1.807) is 24.1 Å². The first-order chi connectivity index (χ1) is 9.25. The van der Waals surface area contributed by atoms with E-state index in [9.17, 15) is 4.79 Å². The van der Waals surface area contributed by atoms with Crippen molar-refractivity contribution in [2.45, 2.75) is 6.54 Å². The molecule has 19 heavy (non-hydrogen) atoms. The molecule has 0 bridgehead atoms. The maximum atomic E-state index is 12.1. The van der Waals surface area contributed by atoms with Crippen LogP contribution in [0.4, 0.5) is 5.69 Å². The lowest BCUT2D eigenvalue weighted by atomic mass is 10.2. The van der Waals surface area contributed by atoms with E-state index in [2.05, 4.69) is 15.3 Å². The summed E-state index contributed by atoms with van der Waals surface area (Å²) in [6.45, 7) is 0.468. The Kier molecular flexibility index (Phi) is 3.14. The molecule has 3 aromatic heterocycles. The summed E-state index contributed by atoms with van der Waals surface area (Å²) in [6, 6.07) is 1.82. The molecule has 0 saturated heterocycles. The van der Waals surface area contributed by atoms with Crippen LogP contribution in [0.15, 0.2) is 30.2 Å². The highest BCUT2D eigenvalue weighted by molar-refractivity contribution is 7.21. The first kappa shape index (κ1) is 12.1. The molecule has 0 aliphatic rings. The van der Waals surface area contributed by atoms with Crippen molar-refractivity contribution in [1.29, 1.82) is 0 Å². The van der Waals surface area contributed by atoms with Crippen molar-refractivity contribution in [3.8, 4) is 0 Å². The zero-order chi connectivity index (χ0) is 13.2. The van der Waals surface area contributed by atoms with Crippen molar-refractivity contribution in [3.63, 3.8) is 0 Å². The third-order valence-corrected chi connectivity index (χ3v) is 4.58. The molecule has 1 amide bonds. The van der Waals surface area contributed by atoms with Crippen LogP contribution < -0.4 is 11.1 Å². The van der Waals surface area contributed by atoms with Crippen LogP contribution in [-0.4, -0.2) is 15.9 Å². The van der Waals surface area contributed by atoms with Gasteiger partial charge in [0, 0.05) is 28.9 Å². The standard InChI is InChI=1S/C12H10N4OS2/c13-10-8-1-2-14-5-9(8)19-11(10)12(17)16-4-7-3-15-6-18-7/h1-3,5-6H,4,13H2,(H,16,17). The fourth-order valence-corrected chi connectivity index (χ4v) is 3.26. The highest BCUT2D eigenvalue weighted by atomic mass is 32.1. The summed E-state index contributed by atoms with van der Waals surface area (Å²) >= 11 is 2.86. The Labute approximate surface area is 117 Å². The summed E-state index contributed by atoms with van der Waals surface area (Å²) < 4.78 is 0.919. The minimum atomic E-state index is -0.160. The second-order valence-corrected chi connectivity index (χ2v) is 5.89. The molecule has 7 heteroatoms. The summed E-state index contributed by atoms with van der Waals surface area (Å²) in [4.78, 5) is 21.6. The lowest BCUT2D eigenvalue weighted by Crippen LogP contribution is -2.22. The summed E-state index contributed by atoms with van der Waals surface area (Å²) in [5.41, 5.74) is 8.26. The number of anilines is 1. The molecule has 3 heterocycles. The van der Waals surface area contributed by atoms with Crippen LogP contribution in [0.1, 0.15) is 14.5 Å². The number of rotatable bonds is 3. The minimum absolute atomic E-state index is 0.160. The maximum Gasteiger partial charge on any atom is 0.263 e. The predicted molar refractivity (Wildman–Crippen MR) is 77.3 cm³/mol. The largest absolute Gasteiger partial charge is 0.397 e. The van der Waals surface area contributed by atoms with Gasteiger partial charge < -0.3 is 11.1 Å². The number of nitrogens with two attached hydrogens (primary N) is 1. The zero-order valence-corrected chi connectivity index (χ0v) is 11.4. The van der Waals surface area contributed by atoms with E-state index >= 15 is 0 Å². The maximum absolute atomic E-state index is 12.1. The topological polar surface area (TPSA) is 80.9 Å². The highest BCUT2D eigenvalue weighted by Gasteiger charge is 2.16. The minimum Gasteiger partial charge on any atom is -0.397 e. The molecule has 5 nitrogen and oxygen atoms in total. The molecular weight excluding hydrogens is 280 g/mol. The molecule has 0 atom stereocenters. The Morgan fingerprint density at radius 3 is 3.00 bits per heavy atom. The van der Waals surface area contributed by atoms with Gasteiger partial charge in [0.05, 0.1) is 22.4 Å². The third-order valence-electron chi connectivity index (χ3n) is 2.64. The van der Waals surface area contributed by atoms with E-state index in [1.807, 2.05) is 6.07 Å². The average molecular weight is 290 g/mol. The number of nitrogens with one attached hydrogen (secondary N) is 1. The summed E-state index contributed by atoms with van der Waals surface area (Å²) in [7, 11) is 0. The molecule has 3 N–H and O–H groups in total. The molecule has 0 aliphatic carbocycles. The van der Waals surface area contributed by atoms with Crippen molar-refractivity contribution in [2.24, 2.45) is 0 Å². The quantitative estimate of drug-likeness (QED) is 0.775. The number of thiophene rings is 1. The second-order valence-electron chi connectivity index (χ2n) is 3.87. The first-order valence-corrected chi connectivity index (χ1v) is 7.23. The van der Waals surface area contributed by atoms with Crippen molar-refractivity contribution in [3.05, 3.63) is 39.9 Å². The second kappa shape index (κ2) is 4.94. The van der Waals surface area contributed by atoms with Crippen LogP contribution in [-0.2, 0) is 6.54 Å². The molecule has 3 aromatic rings. The monoisotopic (exact) mass is 290 g/mol. The SMILES string of the molecule is Nc1c(C(=O)NCc2cncs2)sc2cnccc12. The summed E-state index contributed by atoms with van der Waals surface area (Å²) in [6.07, 6.45) is 5.13. The van der Waals surface area contributed by atoms with Gasteiger partial charge in [-0.25, -0.2) is 0 Å². The molecule has 96 valence electrons. The number of amides is 1. The lowest BCUT2D eigenvalue weighted by Gasteiger charge is -2.01. The number of carbonyl (C=O) groups excluding carboxylic acids is 1. The van der Waals surface area contributed by atoms with Crippen molar-refractivity contribution in [1.82, 2.24) is 15.3 Å². The number of carbonyl (C=O) groups is 1. The van der Waals surface area contributed by atoms with Crippen molar-refractivity contribution >= 4 is 44.4 Å². The third kappa shape index (κ3) is 2.29. The highest BCUT2D eigenvalue weighted by Crippen LogP contribution is 2.32. The fourth-order valence-electron chi connectivity index (χ4n) is 1.72. The summed E-state index contributed by atoms with van der Waals surface area (Å²) in [5.74, 6) is -0.160. The van der Waals surface area contributed by atoms with Gasteiger partial charge in [-0.05, 0) is 6.07 Å². The van der Waals surface area contributed by atoms with Gasteiger partial charge in [-0.3, -0.25) is 14.8 Å². The first-order valence-electron chi connectivity index (χ1n) is 5.53. The van der Waals surface area contributed by atoms with E-state index in [-0.39, 0.29) is 5.91 Å². The molecule has 0 saturated carbocycles. The molecule has 3 rings (SSSR count). The average Bonchev–Trinajstić information content (AvgIpc) is 3.05. The zero-order valence-electron chi connectivity index (χ0n) is 9.79. The number of nitrogen functional groups attached to an aromatic ring is 1. The van der Waals surface area contributed by atoms with Gasteiger partial charge in [0.2, 0.25) is 0 Å². The van der Waals surface area contributed by atoms with Gasteiger partial charge in [-0.15, -0.1) is 22.7 Å². The molecular formula is C12H10N4OS2. The number of hydrogen-bond acceptors (Lipinski definition) is 6. The van der Waals surface area contributed by atoms with Gasteiger partial charge in [-0.1, -0.05) is 0 Å². The summed E-state index contributed by atoms with van der Waals surface area (Å²) in [5, 5.41) is 3.72. The van der Waals surface area contributed by atoms with Crippen LogP contribution in [0.5, 0.6) is 0 Å². The van der Waals surface area contributed by atoms with Crippen LogP contribution in [0.2, 0.25) is 0 Å². The number of fused-ring (bicyclic) bond motifs is 1. The van der Waals surface area contributed by atoms with Crippen molar-refractivity contribution in [2.75, 3.05) is 5.73 Å². The van der Waals surface area contributed by atoms with E-state index in [1.165, 1.54) is 22.7 Å². The fraction of sp³-hybridized carbons (Fsp3) is 0.0833. The number of thiazole rings is 1. The van der Waals surface area contributed by atoms with Crippen molar-refractivity contribution < 1.29 is 4.79 Å². The van der Waals surface area contributed by atoms with Gasteiger partial charge in [-0.2, -0.15) is 0 Å². The number of pyridine rings is 1. The van der Waals surface area contributed by atoms with Crippen LogP contribution in [0, 0.1) is 0 Å². The van der Waals surface area contributed by atoms with Gasteiger partial charge in [0.1, 0.15) is 4.88 Å². The number of hydrogen-bond donors (Lipinski definition) is 2. The number of nitrogens with zero attached hydrogens (tertiary/aromatic N) is 2. The van der Waals surface area contributed by atoms with Gasteiger partial charge >= 0.3 is 0 Å². The van der Waals surface area contributed by atoms with Gasteiger partial charge in [0.25, 0.3) is 5.91 Å². The molecule has 0 spiro atoms. The Hall–Kier alpha value is -1.99. The van der Waals surface area contributed by atoms with E-state index in [0.29, 0.717) is 17.1 Å². The molecule has 0 aromatic carbocycles. The normalized spacial score (nSPS) is 10.7. The Balaban J connectivity index is 1.83. The van der Waals surface area contributed by atoms with E-state index < -0.39 is 0 Å². The Morgan fingerprint density at radius 2 is 2.26 bits per heavy atom. The molecule has 0 fully saturated rings. The van der Waals surface area contributed by atoms with Gasteiger partial charge in [0.15, 0.2) is 0 Å². The predicted octanol–water partition coefficient (Wildman–Crippen LogP) is 2.26. The number of aromatic nitrogens is 2. The van der Waals surface area contributed by atoms with E-state index in [4.69, 9.17) is 5.73 Å². The Bertz CT molecular complexity index is 720. The van der Waals surface area contributed by atoms with Crippen LogP contribution >= 0.6 is 22.7 Å². The lowest BCUT2D eigenvalue weighted by molar-refractivity contribution is 0.0956. The van der Waals surface area contributed by atoms with Crippen LogP contribution in [0.25, 0.3) is 10.1 Å². The van der Waals surface area contributed by atoms with Crippen LogP contribution in [0.3, 0.4) is 0 Å². The Morgan fingerprint density at radius 1 is 1.37 bits per heavy atom. The van der Waals surface area contributed by atoms with E-state index in [0.717, 1.165) is 15.0 Å². The smallest absolute Gasteiger partial charge is 0.263 e. The molecule has 0 unspecified atom stereocenters. The molecule has 0 aliphatic heterocycles.